The molecule has 0 radical (unpaired) electrons. The van der Waals surface area contributed by atoms with Crippen LogP contribution in [0.5, 0.6) is 0 Å². The first kappa shape index (κ1) is 12.0. The quantitative estimate of drug-likeness (QED) is 0.799. The summed E-state index contributed by atoms with van der Waals surface area (Å²) in [5.41, 5.74) is 7.12. The molecule has 17 heavy (non-hydrogen) atoms. The van der Waals surface area contributed by atoms with E-state index >= 15 is 0 Å². The molecular weight excluding hydrogens is 208 g/mol. The molecule has 2 heteroatoms. The van der Waals surface area contributed by atoms with Crippen molar-refractivity contribution < 1.29 is 0 Å². The SMILES string of the molecule is CC1(C)CCC(CN)(N2CC3CCC2C3)CC1. The Morgan fingerprint density at radius 1 is 1.12 bits per heavy atom. The van der Waals surface area contributed by atoms with E-state index in [1.807, 2.05) is 0 Å². The molecule has 1 heterocycles. The van der Waals surface area contributed by atoms with Gasteiger partial charge >= 0.3 is 0 Å². The van der Waals surface area contributed by atoms with Crippen LogP contribution in [0.4, 0.5) is 0 Å². The van der Waals surface area contributed by atoms with Gasteiger partial charge in [0.2, 0.25) is 0 Å². The number of fused-ring (bicyclic) bond motifs is 2. The van der Waals surface area contributed by atoms with Gasteiger partial charge in [-0.15, -0.1) is 0 Å². The molecule has 2 saturated carbocycles. The number of hydrogen-bond donors (Lipinski definition) is 1. The summed E-state index contributed by atoms with van der Waals surface area (Å²) in [6, 6.07) is 0.879. The minimum atomic E-state index is 0.370. The van der Waals surface area contributed by atoms with Crippen LogP contribution in [0.25, 0.3) is 0 Å². The highest BCUT2D eigenvalue weighted by Gasteiger charge is 2.49. The number of nitrogens with zero attached hydrogens (tertiary/aromatic N) is 1. The van der Waals surface area contributed by atoms with Crippen LogP contribution >= 0.6 is 0 Å². The number of hydrogen-bond acceptors (Lipinski definition) is 2. The third kappa shape index (κ3) is 1.94. The average Bonchev–Trinajstić information content (AvgIpc) is 2.92. The Balaban J connectivity index is 1.75. The lowest BCUT2D eigenvalue weighted by Gasteiger charge is -2.51. The topological polar surface area (TPSA) is 29.3 Å². The van der Waals surface area contributed by atoms with Gasteiger partial charge < -0.3 is 5.73 Å². The zero-order chi connectivity index (χ0) is 12.1. The van der Waals surface area contributed by atoms with Gasteiger partial charge in [-0.25, -0.2) is 0 Å². The first-order valence-corrected chi connectivity index (χ1v) is 7.52. The van der Waals surface area contributed by atoms with Crippen molar-refractivity contribution in [3.8, 4) is 0 Å². The van der Waals surface area contributed by atoms with E-state index in [-0.39, 0.29) is 0 Å². The van der Waals surface area contributed by atoms with Gasteiger partial charge in [-0.05, 0) is 56.3 Å². The zero-order valence-electron chi connectivity index (χ0n) is 11.5. The molecule has 0 spiro atoms. The summed E-state index contributed by atoms with van der Waals surface area (Å²) < 4.78 is 0. The average molecular weight is 236 g/mol. The Morgan fingerprint density at radius 2 is 1.82 bits per heavy atom. The van der Waals surface area contributed by atoms with Crippen LogP contribution in [0.2, 0.25) is 0 Å². The highest BCUT2D eigenvalue weighted by molar-refractivity contribution is 5.05. The fraction of sp³-hybridized carbons (Fsp3) is 1.00. The molecule has 3 rings (SSSR count). The summed E-state index contributed by atoms with van der Waals surface area (Å²) in [6.45, 7) is 7.07. The number of piperidine rings is 1. The van der Waals surface area contributed by atoms with Crippen molar-refractivity contribution in [3.05, 3.63) is 0 Å². The molecule has 2 unspecified atom stereocenters. The summed E-state index contributed by atoms with van der Waals surface area (Å²) in [5, 5.41) is 0. The summed E-state index contributed by atoms with van der Waals surface area (Å²) in [4.78, 5) is 2.83. The third-order valence-electron chi connectivity index (χ3n) is 5.93. The Kier molecular flexibility index (Phi) is 2.79. The van der Waals surface area contributed by atoms with Crippen LogP contribution in [-0.2, 0) is 0 Å². The van der Waals surface area contributed by atoms with E-state index in [0.29, 0.717) is 11.0 Å². The fourth-order valence-corrected chi connectivity index (χ4v) is 4.51. The predicted octanol–water partition coefficient (Wildman–Crippen LogP) is 2.77. The van der Waals surface area contributed by atoms with Crippen LogP contribution in [0.1, 0.15) is 58.8 Å². The molecule has 0 amide bonds. The lowest BCUT2D eigenvalue weighted by Crippen LogP contribution is -2.58. The highest BCUT2D eigenvalue weighted by Crippen LogP contribution is 2.48. The maximum absolute atomic E-state index is 6.20. The van der Waals surface area contributed by atoms with Crippen molar-refractivity contribution in [1.29, 1.82) is 0 Å². The smallest absolute Gasteiger partial charge is 0.0335 e. The highest BCUT2D eigenvalue weighted by atomic mass is 15.3. The molecule has 0 aromatic carbocycles. The second kappa shape index (κ2) is 3.96. The Bertz CT molecular complexity index is 287. The van der Waals surface area contributed by atoms with Crippen molar-refractivity contribution in [3.63, 3.8) is 0 Å². The van der Waals surface area contributed by atoms with Gasteiger partial charge in [0.15, 0.2) is 0 Å². The number of nitrogens with two attached hydrogens (primary N) is 1. The van der Waals surface area contributed by atoms with E-state index in [4.69, 9.17) is 5.73 Å². The zero-order valence-corrected chi connectivity index (χ0v) is 11.5. The standard InChI is InChI=1S/C15H28N2/c1-14(2)5-7-15(11-16,8-6-14)17-10-12-3-4-13(17)9-12/h12-13H,3-11,16H2,1-2H3. The summed E-state index contributed by atoms with van der Waals surface area (Å²) in [7, 11) is 0. The lowest BCUT2D eigenvalue weighted by molar-refractivity contribution is 0.00231. The third-order valence-corrected chi connectivity index (χ3v) is 5.93. The molecule has 1 aliphatic heterocycles. The van der Waals surface area contributed by atoms with E-state index in [9.17, 15) is 0 Å². The van der Waals surface area contributed by atoms with Crippen molar-refractivity contribution in [2.75, 3.05) is 13.1 Å². The Hall–Kier alpha value is -0.0800. The molecule has 2 atom stereocenters. The minimum absolute atomic E-state index is 0.370. The molecule has 2 nitrogen and oxygen atoms in total. The van der Waals surface area contributed by atoms with Gasteiger partial charge in [0.05, 0.1) is 0 Å². The molecule has 0 aromatic rings. The van der Waals surface area contributed by atoms with Gasteiger partial charge in [-0.2, -0.15) is 0 Å². The summed E-state index contributed by atoms with van der Waals surface area (Å²) in [5.74, 6) is 0.998. The maximum atomic E-state index is 6.20. The molecule has 98 valence electrons. The second-order valence-corrected chi connectivity index (χ2v) is 7.58. The molecule has 0 aromatic heterocycles. The summed E-state index contributed by atoms with van der Waals surface area (Å²) in [6.07, 6.45) is 9.77. The lowest BCUT2D eigenvalue weighted by atomic mass is 9.68. The van der Waals surface area contributed by atoms with E-state index in [2.05, 4.69) is 18.7 Å². The molecule has 3 fully saturated rings. The molecule has 1 saturated heterocycles. The van der Waals surface area contributed by atoms with Crippen LogP contribution in [0.3, 0.4) is 0 Å². The molecule has 3 aliphatic rings. The van der Waals surface area contributed by atoms with Crippen molar-refractivity contribution in [2.24, 2.45) is 17.1 Å². The van der Waals surface area contributed by atoms with Gasteiger partial charge in [0, 0.05) is 24.7 Å². The molecule has 2 bridgehead atoms. The fourth-order valence-electron chi connectivity index (χ4n) is 4.51. The minimum Gasteiger partial charge on any atom is -0.329 e. The largest absolute Gasteiger partial charge is 0.329 e. The molecular formula is C15H28N2. The van der Waals surface area contributed by atoms with E-state index < -0.39 is 0 Å². The number of likely N-dealkylation sites (tertiary alicyclic amines) is 1. The first-order chi connectivity index (χ1) is 8.05. The summed E-state index contributed by atoms with van der Waals surface area (Å²) >= 11 is 0. The van der Waals surface area contributed by atoms with Crippen LogP contribution in [0, 0.1) is 11.3 Å². The van der Waals surface area contributed by atoms with Crippen molar-refractivity contribution in [1.82, 2.24) is 4.90 Å². The maximum Gasteiger partial charge on any atom is 0.0335 e. The van der Waals surface area contributed by atoms with Gasteiger partial charge in [-0.1, -0.05) is 13.8 Å². The van der Waals surface area contributed by atoms with Crippen LogP contribution < -0.4 is 5.73 Å². The Morgan fingerprint density at radius 3 is 2.29 bits per heavy atom. The normalized spacial score (nSPS) is 39.7. The molecule has 2 aliphatic carbocycles. The van der Waals surface area contributed by atoms with Gasteiger partial charge in [0.1, 0.15) is 0 Å². The van der Waals surface area contributed by atoms with Gasteiger partial charge in [0.25, 0.3) is 0 Å². The first-order valence-electron chi connectivity index (χ1n) is 7.52. The Labute approximate surface area is 106 Å². The van der Waals surface area contributed by atoms with Gasteiger partial charge in [-0.3, -0.25) is 4.90 Å². The van der Waals surface area contributed by atoms with Crippen LogP contribution in [0.15, 0.2) is 0 Å². The van der Waals surface area contributed by atoms with Crippen LogP contribution in [-0.4, -0.2) is 29.6 Å². The van der Waals surface area contributed by atoms with Crippen molar-refractivity contribution >= 4 is 0 Å². The second-order valence-electron chi connectivity index (χ2n) is 7.58. The van der Waals surface area contributed by atoms with E-state index in [0.717, 1.165) is 18.5 Å². The van der Waals surface area contributed by atoms with E-state index in [1.165, 1.54) is 51.5 Å². The molecule has 2 N–H and O–H groups in total. The number of rotatable bonds is 2. The van der Waals surface area contributed by atoms with E-state index in [1.54, 1.807) is 0 Å². The monoisotopic (exact) mass is 236 g/mol. The van der Waals surface area contributed by atoms with Crippen molar-refractivity contribution in [2.45, 2.75) is 70.4 Å². The predicted molar refractivity (Wildman–Crippen MR) is 71.9 cm³/mol.